The quantitative estimate of drug-likeness (QED) is 0.580. The van der Waals surface area contributed by atoms with Crippen LogP contribution in [0.3, 0.4) is 0 Å². The third-order valence-electron chi connectivity index (χ3n) is 1.38. The first-order valence-electron chi connectivity index (χ1n) is 4.24. The van der Waals surface area contributed by atoms with Gasteiger partial charge < -0.3 is 5.73 Å². The van der Waals surface area contributed by atoms with Gasteiger partial charge in [-0.2, -0.15) is 4.99 Å². The Morgan fingerprint density at radius 1 is 1.38 bits per heavy atom. The SMILES string of the molecule is CC.NCc1ccccc1N=C=S. The number of nitrogens with zero attached hydrogens (tertiary/aromatic N) is 1. The maximum absolute atomic E-state index is 5.46. The topological polar surface area (TPSA) is 38.4 Å². The van der Waals surface area contributed by atoms with Gasteiger partial charge in [-0.1, -0.05) is 32.0 Å². The lowest BCUT2D eigenvalue weighted by atomic mass is 10.2. The predicted molar refractivity (Wildman–Crippen MR) is 60.4 cm³/mol. The minimum Gasteiger partial charge on any atom is -0.326 e. The van der Waals surface area contributed by atoms with Crippen LogP contribution < -0.4 is 5.73 Å². The zero-order valence-electron chi connectivity index (χ0n) is 7.95. The summed E-state index contributed by atoms with van der Waals surface area (Å²) < 4.78 is 0. The van der Waals surface area contributed by atoms with Crippen molar-refractivity contribution in [2.75, 3.05) is 0 Å². The van der Waals surface area contributed by atoms with Crippen LogP contribution in [0.25, 0.3) is 0 Å². The molecule has 3 heteroatoms. The van der Waals surface area contributed by atoms with Gasteiger partial charge in [-0.05, 0) is 23.8 Å². The van der Waals surface area contributed by atoms with E-state index in [1.54, 1.807) is 0 Å². The second kappa shape index (κ2) is 7.62. The average molecular weight is 194 g/mol. The van der Waals surface area contributed by atoms with Gasteiger partial charge >= 0.3 is 0 Å². The van der Waals surface area contributed by atoms with Gasteiger partial charge in [0.1, 0.15) is 0 Å². The van der Waals surface area contributed by atoms with Gasteiger partial charge in [-0.15, -0.1) is 0 Å². The summed E-state index contributed by atoms with van der Waals surface area (Å²) in [4.78, 5) is 3.86. The molecule has 0 aromatic heterocycles. The summed E-state index contributed by atoms with van der Waals surface area (Å²) >= 11 is 4.48. The van der Waals surface area contributed by atoms with Gasteiger partial charge in [0.05, 0.1) is 10.8 Å². The lowest BCUT2D eigenvalue weighted by molar-refractivity contribution is 1.07. The molecule has 0 radical (unpaired) electrons. The van der Waals surface area contributed by atoms with Crippen molar-refractivity contribution >= 4 is 23.1 Å². The number of para-hydroxylation sites is 1. The molecular formula is C10H14N2S. The molecule has 0 aliphatic heterocycles. The molecule has 0 atom stereocenters. The molecule has 0 bridgehead atoms. The standard InChI is InChI=1S/C8H8N2S.C2H6/c9-5-7-3-1-2-4-8(7)10-6-11;1-2/h1-4H,5,9H2;1-2H3. The van der Waals surface area contributed by atoms with Crippen LogP contribution in [-0.2, 0) is 6.54 Å². The third kappa shape index (κ3) is 3.95. The van der Waals surface area contributed by atoms with Crippen LogP contribution in [0.1, 0.15) is 19.4 Å². The number of rotatable bonds is 2. The van der Waals surface area contributed by atoms with E-state index in [-0.39, 0.29) is 0 Å². The Kier molecular flexibility index (Phi) is 7.02. The van der Waals surface area contributed by atoms with E-state index in [0.29, 0.717) is 6.54 Å². The zero-order valence-corrected chi connectivity index (χ0v) is 8.77. The van der Waals surface area contributed by atoms with Crippen LogP contribution in [-0.4, -0.2) is 5.16 Å². The van der Waals surface area contributed by atoms with Crippen molar-refractivity contribution in [2.45, 2.75) is 20.4 Å². The van der Waals surface area contributed by atoms with Gasteiger partial charge in [0.15, 0.2) is 0 Å². The lowest BCUT2D eigenvalue weighted by Gasteiger charge is -1.98. The van der Waals surface area contributed by atoms with Crippen LogP contribution in [0.2, 0.25) is 0 Å². The molecule has 0 amide bonds. The molecule has 70 valence electrons. The highest BCUT2D eigenvalue weighted by molar-refractivity contribution is 7.78. The molecule has 0 heterocycles. The summed E-state index contributed by atoms with van der Waals surface area (Å²) in [6.07, 6.45) is 0. The molecule has 0 saturated carbocycles. The van der Waals surface area contributed by atoms with Crippen LogP contribution in [0.15, 0.2) is 29.3 Å². The predicted octanol–water partition coefficient (Wildman–Crippen LogP) is 2.91. The molecule has 0 unspecified atom stereocenters. The zero-order chi connectivity index (χ0) is 10.1. The van der Waals surface area contributed by atoms with Crippen molar-refractivity contribution < 1.29 is 0 Å². The number of hydrogen-bond acceptors (Lipinski definition) is 3. The van der Waals surface area contributed by atoms with Gasteiger partial charge in [-0.25, -0.2) is 0 Å². The maximum Gasteiger partial charge on any atom is 0.0784 e. The minimum atomic E-state index is 0.483. The van der Waals surface area contributed by atoms with E-state index in [1.807, 2.05) is 38.1 Å². The summed E-state index contributed by atoms with van der Waals surface area (Å²) in [6.45, 7) is 4.48. The van der Waals surface area contributed by atoms with Crippen molar-refractivity contribution in [3.8, 4) is 0 Å². The van der Waals surface area contributed by atoms with Crippen molar-refractivity contribution in [2.24, 2.45) is 10.7 Å². The molecule has 2 nitrogen and oxygen atoms in total. The maximum atomic E-state index is 5.46. The molecule has 1 aromatic rings. The molecular weight excluding hydrogens is 180 g/mol. The van der Waals surface area contributed by atoms with Crippen molar-refractivity contribution in [1.29, 1.82) is 0 Å². The molecule has 0 aliphatic carbocycles. The van der Waals surface area contributed by atoms with Gasteiger partial charge in [0, 0.05) is 6.54 Å². The Balaban J connectivity index is 0.000000671. The molecule has 13 heavy (non-hydrogen) atoms. The van der Waals surface area contributed by atoms with Gasteiger partial charge in [-0.3, -0.25) is 0 Å². The van der Waals surface area contributed by atoms with Gasteiger partial charge in [0.2, 0.25) is 0 Å². The third-order valence-corrected chi connectivity index (χ3v) is 1.47. The summed E-state index contributed by atoms with van der Waals surface area (Å²) in [5.74, 6) is 0. The molecule has 0 spiro atoms. The fraction of sp³-hybridized carbons (Fsp3) is 0.300. The second-order valence-electron chi connectivity index (χ2n) is 2.04. The number of thiocarbonyl (C=S) groups is 1. The Bertz CT molecular complexity index is 291. The van der Waals surface area contributed by atoms with Crippen molar-refractivity contribution in [1.82, 2.24) is 0 Å². The summed E-state index contributed by atoms with van der Waals surface area (Å²) in [7, 11) is 0. The highest BCUT2D eigenvalue weighted by atomic mass is 32.1. The summed E-state index contributed by atoms with van der Waals surface area (Å²) in [5, 5.41) is 2.31. The largest absolute Gasteiger partial charge is 0.326 e. The monoisotopic (exact) mass is 194 g/mol. The van der Waals surface area contributed by atoms with Crippen LogP contribution in [0.4, 0.5) is 5.69 Å². The lowest BCUT2D eigenvalue weighted by Crippen LogP contribution is -1.95. The Labute approximate surface area is 84.5 Å². The van der Waals surface area contributed by atoms with E-state index in [1.165, 1.54) is 0 Å². The van der Waals surface area contributed by atoms with E-state index in [2.05, 4.69) is 22.4 Å². The summed E-state index contributed by atoms with van der Waals surface area (Å²) in [6, 6.07) is 7.60. The molecule has 0 aliphatic rings. The molecule has 1 rings (SSSR count). The van der Waals surface area contributed by atoms with E-state index >= 15 is 0 Å². The first kappa shape index (κ1) is 12.0. The van der Waals surface area contributed by atoms with Crippen molar-refractivity contribution in [3.63, 3.8) is 0 Å². The van der Waals surface area contributed by atoms with Crippen LogP contribution in [0, 0.1) is 0 Å². The first-order valence-corrected chi connectivity index (χ1v) is 4.65. The fourth-order valence-electron chi connectivity index (χ4n) is 0.842. The Hall–Kier alpha value is -1.02. The Morgan fingerprint density at radius 2 is 2.00 bits per heavy atom. The van der Waals surface area contributed by atoms with Crippen molar-refractivity contribution in [3.05, 3.63) is 29.8 Å². The van der Waals surface area contributed by atoms with E-state index in [9.17, 15) is 0 Å². The minimum absolute atomic E-state index is 0.483. The van der Waals surface area contributed by atoms with Crippen LogP contribution in [0.5, 0.6) is 0 Å². The number of benzene rings is 1. The average Bonchev–Trinajstić information content (AvgIpc) is 2.22. The Morgan fingerprint density at radius 3 is 2.54 bits per heavy atom. The fourth-order valence-corrected chi connectivity index (χ4v) is 0.940. The highest BCUT2D eigenvalue weighted by Crippen LogP contribution is 2.16. The number of isothiocyanates is 1. The summed E-state index contributed by atoms with van der Waals surface area (Å²) in [5.41, 5.74) is 7.26. The van der Waals surface area contributed by atoms with E-state index in [4.69, 9.17) is 5.73 Å². The van der Waals surface area contributed by atoms with Crippen LogP contribution >= 0.6 is 12.2 Å². The molecule has 0 saturated heterocycles. The number of aliphatic imine (C=N–C) groups is 1. The smallest absolute Gasteiger partial charge is 0.0784 e. The highest BCUT2D eigenvalue weighted by Gasteiger charge is 1.94. The second-order valence-corrected chi connectivity index (χ2v) is 2.22. The first-order chi connectivity index (χ1) is 6.38. The number of hydrogen-bond donors (Lipinski definition) is 1. The number of nitrogens with two attached hydrogens (primary N) is 1. The normalized spacial score (nSPS) is 7.92. The van der Waals surface area contributed by atoms with E-state index in [0.717, 1.165) is 11.3 Å². The molecule has 0 fully saturated rings. The van der Waals surface area contributed by atoms with Gasteiger partial charge in [0.25, 0.3) is 0 Å². The van der Waals surface area contributed by atoms with E-state index < -0.39 is 0 Å². The molecule has 1 aromatic carbocycles. The molecule has 2 N–H and O–H groups in total.